The van der Waals surface area contributed by atoms with Gasteiger partial charge in [0.05, 0.1) is 31.4 Å². The molecule has 11 nitrogen and oxygen atoms in total. The first kappa shape index (κ1) is 30.9. The summed E-state index contributed by atoms with van der Waals surface area (Å²) in [7, 11) is 0.477. The molecule has 1 aromatic heterocycles. The Morgan fingerprint density at radius 3 is 2.49 bits per heavy atom. The van der Waals surface area contributed by atoms with Crippen molar-refractivity contribution in [1.29, 1.82) is 0 Å². The van der Waals surface area contributed by atoms with Crippen molar-refractivity contribution < 1.29 is 27.5 Å². The van der Waals surface area contributed by atoms with Crippen molar-refractivity contribution in [2.45, 2.75) is 69.0 Å². The van der Waals surface area contributed by atoms with Crippen molar-refractivity contribution in [2.24, 2.45) is 5.41 Å². The molecule has 2 saturated carbocycles. The predicted octanol–water partition coefficient (Wildman–Crippen LogP) is 3.59. The van der Waals surface area contributed by atoms with E-state index in [1.807, 2.05) is 18.2 Å². The Morgan fingerprint density at radius 2 is 1.79 bits per heavy atom. The highest BCUT2D eigenvalue weighted by Crippen LogP contribution is 2.66. The van der Waals surface area contributed by atoms with Crippen molar-refractivity contribution in [3.63, 3.8) is 0 Å². The molecule has 250 valence electrons. The van der Waals surface area contributed by atoms with E-state index in [1.165, 1.54) is 26.1 Å². The van der Waals surface area contributed by atoms with Gasteiger partial charge in [-0.25, -0.2) is 4.72 Å². The highest BCUT2D eigenvalue weighted by Gasteiger charge is 2.64. The van der Waals surface area contributed by atoms with E-state index in [4.69, 9.17) is 9.47 Å². The number of nitrogens with one attached hydrogen (secondary N) is 2. The Morgan fingerprint density at radius 1 is 1.04 bits per heavy atom. The lowest BCUT2D eigenvalue weighted by atomic mass is 9.81. The maximum atomic E-state index is 14.8. The van der Waals surface area contributed by atoms with Crippen molar-refractivity contribution in [3.8, 4) is 17.0 Å². The molecular formula is C35H43N5O6S. The van der Waals surface area contributed by atoms with Gasteiger partial charge in [-0.3, -0.25) is 9.59 Å². The van der Waals surface area contributed by atoms with E-state index >= 15 is 0 Å². The van der Waals surface area contributed by atoms with Gasteiger partial charge in [0.2, 0.25) is 5.91 Å². The maximum Gasteiger partial charge on any atom is 0.303 e. The monoisotopic (exact) mass is 661 g/mol. The minimum absolute atomic E-state index is 0.0388. The molecule has 2 N–H and O–H groups in total. The largest absolute Gasteiger partial charge is 0.497 e. The number of nitrogens with zero attached hydrogens (tertiary/aromatic N) is 3. The van der Waals surface area contributed by atoms with Crippen LogP contribution in [0.15, 0.2) is 36.4 Å². The lowest BCUT2D eigenvalue weighted by Gasteiger charge is -2.43. The van der Waals surface area contributed by atoms with Gasteiger partial charge in [-0.1, -0.05) is 25.3 Å². The lowest BCUT2D eigenvalue weighted by Crippen LogP contribution is -2.64. The number of piperazine rings is 1. The number of fused-ring (bicyclic) bond motifs is 9. The molecule has 5 aliphatic rings. The Kier molecular flexibility index (Phi) is 7.43. The number of ether oxygens (including phenoxy) is 2. The molecule has 3 aromatic rings. The van der Waals surface area contributed by atoms with Crippen LogP contribution in [0.1, 0.15) is 71.8 Å². The van der Waals surface area contributed by atoms with E-state index in [0.29, 0.717) is 38.8 Å². The summed E-state index contributed by atoms with van der Waals surface area (Å²) in [6, 6.07) is 12.1. The molecule has 4 fully saturated rings. The quantitative estimate of drug-likeness (QED) is 0.414. The second-order valence-corrected chi connectivity index (χ2v) is 16.2. The molecule has 4 unspecified atom stereocenters. The molecule has 4 heterocycles. The standard InChI is InChI=1S/C35H43N5O6S/c1-38(2)47(43,44)37-33(41)22-9-11-27-30(13-22)40-20-35(34(42)39-16-23-18-46-19-24(17-39)36-23)15-29(35)28-14-25(45-3)10-12-26(28)32(40)31(27)21-7-5-4-6-8-21/h9-14,21,23-24,29,36H,4-8,15-20H2,1-3H3,(H,37,41). The fraction of sp³-hybridized carbons (Fsp3) is 0.543. The number of methoxy groups -OCH3 is 1. The number of morpholine rings is 1. The number of hydrogen-bond donors (Lipinski definition) is 2. The van der Waals surface area contributed by atoms with Gasteiger partial charge in [-0.05, 0) is 66.6 Å². The van der Waals surface area contributed by atoms with Gasteiger partial charge in [0.25, 0.3) is 5.91 Å². The fourth-order valence-corrected chi connectivity index (χ4v) is 9.30. The van der Waals surface area contributed by atoms with Gasteiger partial charge < -0.3 is 24.3 Å². The van der Waals surface area contributed by atoms with E-state index in [0.717, 1.165) is 69.9 Å². The second-order valence-electron chi connectivity index (χ2n) is 14.3. The third kappa shape index (κ3) is 5.06. The molecule has 2 aromatic carbocycles. The number of carbonyl (C=O) groups excluding carboxylic acids is 2. The predicted molar refractivity (Wildman–Crippen MR) is 178 cm³/mol. The van der Waals surface area contributed by atoms with Crippen molar-refractivity contribution in [2.75, 3.05) is 47.5 Å². The molecule has 2 bridgehead atoms. The van der Waals surface area contributed by atoms with Gasteiger partial charge in [-0.15, -0.1) is 0 Å². The summed E-state index contributed by atoms with van der Waals surface area (Å²) in [5.41, 5.74) is 5.14. The molecular weight excluding hydrogens is 618 g/mol. The number of hydrogen-bond acceptors (Lipinski definition) is 7. The van der Waals surface area contributed by atoms with Crippen LogP contribution in [0.25, 0.3) is 22.2 Å². The van der Waals surface area contributed by atoms with Crippen LogP contribution < -0.4 is 14.8 Å². The van der Waals surface area contributed by atoms with Gasteiger partial charge in [0, 0.05) is 73.8 Å². The van der Waals surface area contributed by atoms with E-state index in [-0.39, 0.29) is 29.5 Å². The van der Waals surface area contributed by atoms with E-state index in [9.17, 15) is 18.0 Å². The molecule has 8 rings (SSSR count). The molecule has 2 aliphatic carbocycles. The Bertz CT molecular complexity index is 1870. The van der Waals surface area contributed by atoms with E-state index in [2.05, 4.69) is 31.6 Å². The molecule has 2 saturated heterocycles. The number of rotatable bonds is 6. The Labute approximate surface area is 275 Å². The Balaban J connectivity index is 1.30. The summed E-state index contributed by atoms with van der Waals surface area (Å²) >= 11 is 0. The van der Waals surface area contributed by atoms with Gasteiger partial charge in [-0.2, -0.15) is 12.7 Å². The molecule has 3 aliphatic heterocycles. The summed E-state index contributed by atoms with van der Waals surface area (Å²) < 4.78 is 42.1. The van der Waals surface area contributed by atoms with Crippen LogP contribution in [0.3, 0.4) is 0 Å². The van der Waals surface area contributed by atoms with Crippen LogP contribution in [-0.4, -0.2) is 93.6 Å². The lowest BCUT2D eigenvalue weighted by molar-refractivity contribution is -0.142. The summed E-state index contributed by atoms with van der Waals surface area (Å²) in [5, 5.41) is 4.67. The molecule has 12 heteroatoms. The van der Waals surface area contributed by atoms with Crippen LogP contribution in [-0.2, 0) is 26.3 Å². The minimum atomic E-state index is -3.97. The maximum absolute atomic E-state index is 14.8. The summed E-state index contributed by atoms with van der Waals surface area (Å²) in [4.78, 5) is 30.2. The van der Waals surface area contributed by atoms with Gasteiger partial charge >= 0.3 is 10.2 Å². The topological polar surface area (TPSA) is 122 Å². The zero-order valence-corrected chi connectivity index (χ0v) is 28.1. The minimum Gasteiger partial charge on any atom is -0.497 e. The van der Waals surface area contributed by atoms with E-state index in [1.54, 1.807) is 13.2 Å². The highest BCUT2D eigenvalue weighted by molar-refractivity contribution is 7.87. The summed E-state index contributed by atoms with van der Waals surface area (Å²) in [6.07, 6.45) is 6.45. The third-order valence-corrected chi connectivity index (χ3v) is 12.6. The van der Waals surface area contributed by atoms with Crippen LogP contribution in [0.4, 0.5) is 0 Å². The second kappa shape index (κ2) is 11.3. The summed E-state index contributed by atoms with van der Waals surface area (Å²) in [6.45, 7) is 2.92. The summed E-state index contributed by atoms with van der Waals surface area (Å²) in [5.74, 6) is 0.654. The van der Waals surface area contributed by atoms with E-state index < -0.39 is 21.5 Å². The van der Waals surface area contributed by atoms with Gasteiger partial charge in [0.1, 0.15) is 5.75 Å². The molecule has 47 heavy (non-hydrogen) atoms. The molecule has 4 atom stereocenters. The van der Waals surface area contributed by atoms with Crippen LogP contribution in [0.5, 0.6) is 5.75 Å². The van der Waals surface area contributed by atoms with Crippen molar-refractivity contribution in [3.05, 3.63) is 53.1 Å². The Hall–Kier alpha value is -3.45. The smallest absolute Gasteiger partial charge is 0.303 e. The van der Waals surface area contributed by atoms with Crippen molar-refractivity contribution in [1.82, 2.24) is 23.8 Å². The number of amides is 2. The number of carbonyl (C=O) groups is 2. The van der Waals surface area contributed by atoms with Crippen LogP contribution in [0, 0.1) is 5.41 Å². The first-order valence-corrected chi connectivity index (χ1v) is 18.3. The van der Waals surface area contributed by atoms with Gasteiger partial charge in [0.15, 0.2) is 0 Å². The average molecular weight is 662 g/mol. The van der Waals surface area contributed by atoms with Crippen molar-refractivity contribution >= 4 is 32.9 Å². The number of benzene rings is 2. The molecule has 0 radical (unpaired) electrons. The zero-order chi connectivity index (χ0) is 32.7. The number of aromatic nitrogens is 1. The SMILES string of the molecule is COc1ccc2c(c1)C1CC1(C(=O)N1CC3COCC(C1)N3)Cn1c-2c(C2CCCCC2)c2ccc(C(=O)NS(=O)(=O)N(C)C)cc21. The molecule has 2 amide bonds. The fourth-order valence-electron chi connectivity index (χ4n) is 8.77. The molecule has 0 spiro atoms. The first-order valence-electron chi connectivity index (χ1n) is 16.8. The highest BCUT2D eigenvalue weighted by atomic mass is 32.2. The van der Waals surface area contributed by atoms with Crippen LogP contribution in [0.2, 0.25) is 0 Å². The first-order chi connectivity index (χ1) is 22.6. The zero-order valence-electron chi connectivity index (χ0n) is 27.3. The van der Waals surface area contributed by atoms with Crippen LogP contribution >= 0.6 is 0 Å². The average Bonchev–Trinajstić information content (AvgIpc) is 3.73. The normalized spacial score (nSPS) is 27.1. The third-order valence-electron chi connectivity index (χ3n) is 11.2.